The van der Waals surface area contributed by atoms with Crippen molar-refractivity contribution < 1.29 is 4.79 Å². The minimum absolute atomic E-state index is 0.0339. The molecule has 0 fully saturated rings. The van der Waals surface area contributed by atoms with Crippen LogP contribution in [0.2, 0.25) is 0 Å². The largest absolute Gasteiger partial charge is 0.355 e. The molecular formula is C26H21N5O. The summed E-state index contributed by atoms with van der Waals surface area (Å²) in [4.78, 5) is 30.2. The standard InChI is InChI=1S/C26H21N5O/c1-30-22-13-7-3-9-18(22)26(24(30)32)23-17(16-8-2-4-10-19(16)27-23)14-15-31(26)25-28-20-11-5-6-12-21(20)29-25/h2-13,27H,14-15H2,1H3,(H,28,29)/t26-/m1/s1. The number of hydrogen-bond donors (Lipinski definition) is 2. The third-order valence-corrected chi connectivity index (χ3v) is 7.07. The number of benzene rings is 3. The van der Waals surface area contributed by atoms with Crippen LogP contribution in [-0.2, 0) is 16.8 Å². The maximum Gasteiger partial charge on any atom is 0.263 e. The molecular weight excluding hydrogens is 398 g/mol. The van der Waals surface area contributed by atoms with Gasteiger partial charge in [0, 0.05) is 35.7 Å². The van der Waals surface area contributed by atoms with E-state index in [0.717, 1.165) is 39.9 Å². The average Bonchev–Trinajstić information content (AvgIpc) is 3.49. The molecule has 1 amide bonds. The molecule has 156 valence electrons. The fraction of sp³-hybridized carbons (Fsp3) is 0.154. The average molecular weight is 419 g/mol. The van der Waals surface area contributed by atoms with E-state index in [4.69, 9.17) is 4.98 Å². The van der Waals surface area contributed by atoms with Crippen LogP contribution in [0.15, 0.2) is 72.8 Å². The second kappa shape index (κ2) is 6.01. The van der Waals surface area contributed by atoms with Crippen molar-refractivity contribution in [1.82, 2.24) is 15.0 Å². The number of carbonyl (C=O) groups excluding carboxylic acids is 1. The van der Waals surface area contributed by atoms with Gasteiger partial charge in [0.1, 0.15) is 0 Å². The van der Waals surface area contributed by atoms with E-state index in [-0.39, 0.29) is 5.91 Å². The lowest BCUT2D eigenvalue weighted by atomic mass is 9.80. The molecule has 32 heavy (non-hydrogen) atoms. The van der Waals surface area contributed by atoms with Crippen LogP contribution < -0.4 is 9.80 Å². The Kier molecular flexibility index (Phi) is 3.30. The van der Waals surface area contributed by atoms with Crippen molar-refractivity contribution in [2.75, 3.05) is 23.4 Å². The van der Waals surface area contributed by atoms with E-state index in [9.17, 15) is 4.79 Å². The number of hydrogen-bond acceptors (Lipinski definition) is 3. The van der Waals surface area contributed by atoms with Crippen LogP contribution in [-0.4, -0.2) is 34.5 Å². The minimum atomic E-state index is -0.994. The van der Waals surface area contributed by atoms with Crippen molar-refractivity contribution >= 4 is 39.5 Å². The molecule has 6 nitrogen and oxygen atoms in total. The first-order chi connectivity index (χ1) is 15.7. The molecule has 4 heterocycles. The van der Waals surface area contributed by atoms with E-state index < -0.39 is 5.54 Å². The summed E-state index contributed by atoms with van der Waals surface area (Å²) in [6.07, 6.45) is 0.831. The highest BCUT2D eigenvalue weighted by molar-refractivity contribution is 6.13. The van der Waals surface area contributed by atoms with E-state index in [2.05, 4.69) is 39.1 Å². The van der Waals surface area contributed by atoms with Gasteiger partial charge in [0.25, 0.3) is 5.91 Å². The van der Waals surface area contributed by atoms with Crippen LogP contribution in [0.25, 0.3) is 21.9 Å². The zero-order valence-corrected chi connectivity index (χ0v) is 17.6. The van der Waals surface area contributed by atoms with Crippen LogP contribution in [0.4, 0.5) is 11.6 Å². The fourth-order valence-electron chi connectivity index (χ4n) is 5.67. The number of anilines is 2. The highest BCUT2D eigenvalue weighted by Gasteiger charge is 2.59. The number of nitrogens with zero attached hydrogens (tertiary/aromatic N) is 3. The predicted molar refractivity (Wildman–Crippen MR) is 126 cm³/mol. The topological polar surface area (TPSA) is 68.0 Å². The van der Waals surface area contributed by atoms with Gasteiger partial charge in [-0.15, -0.1) is 0 Å². The molecule has 0 saturated heterocycles. The molecule has 0 radical (unpaired) electrons. The molecule has 0 bridgehead atoms. The van der Waals surface area contributed by atoms with Gasteiger partial charge < -0.3 is 19.8 Å². The second-order valence-corrected chi connectivity index (χ2v) is 8.60. The Morgan fingerprint density at radius 1 is 0.906 bits per heavy atom. The first-order valence-electron chi connectivity index (χ1n) is 10.9. The molecule has 2 aromatic heterocycles. The number of aromatic nitrogens is 3. The number of amides is 1. The Labute approximate surface area is 184 Å². The zero-order valence-electron chi connectivity index (χ0n) is 17.6. The van der Waals surface area contributed by atoms with Crippen molar-refractivity contribution in [2.24, 2.45) is 0 Å². The first kappa shape index (κ1) is 17.6. The van der Waals surface area contributed by atoms with Gasteiger partial charge in [0.05, 0.1) is 16.7 Å². The maximum absolute atomic E-state index is 14.2. The fourth-order valence-corrected chi connectivity index (χ4v) is 5.67. The summed E-state index contributed by atoms with van der Waals surface area (Å²) in [7, 11) is 1.86. The van der Waals surface area contributed by atoms with Gasteiger partial charge >= 0.3 is 0 Å². The van der Waals surface area contributed by atoms with E-state index in [1.54, 1.807) is 4.90 Å². The number of fused-ring (bicyclic) bond motifs is 7. The van der Waals surface area contributed by atoms with Crippen molar-refractivity contribution in [3.63, 3.8) is 0 Å². The van der Waals surface area contributed by atoms with Gasteiger partial charge in [0.2, 0.25) is 5.95 Å². The van der Waals surface area contributed by atoms with E-state index in [1.165, 1.54) is 10.9 Å². The summed E-state index contributed by atoms with van der Waals surface area (Å²) < 4.78 is 0. The molecule has 3 aromatic carbocycles. The van der Waals surface area contributed by atoms with Crippen LogP contribution >= 0.6 is 0 Å². The van der Waals surface area contributed by atoms with Crippen LogP contribution in [0.1, 0.15) is 16.8 Å². The number of likely N-dealkylation sites (N-methyl/N-ethyl adjacent to an activating group) is 1. The summed E-state index contributed by atoms with van der Waals surface area (Å²) in [5.74, 6) is 0.751. The van der Waals surface area contributed by atoms with Crippen LogP contribution in [0.5, 0.6) is 0 Å². The highest BCUT2D eigenvalue weighted by Crippen LogP contribution is 2.52. The quantitative estimate of drug-likeness (QED) is 0.425. The summed E-state index contributed by atoms with van der Waals surface area (Å²) in [6.45, 7) is 0.683. The lowest BCUT2D eigenvalue weighted by molar-refractivity contribution is -0.121. The third kappa shape index (κ3) is 1.99. The summed E-state index contributed by atoms with van der Waals surface area (Å²) in [6, 6.07) is 24.4. The number of para-hydroxylation sites is 4. The van der Waals surface area contributed by atoms with Crippen molar-refractivity contribution in [3.05, 3.63) is 89.6 Å². The van der Waals surface area contributed by atoms with Gasteiger partial charge in [-0.05, 0) is 36.2 Å². The number of H-pyrrole nitrogens is 2. The Bertz CT molecular complexity index is 1510. The molecule has 2 aliphatic rings. The summed E-state index contributed by atoms with van der Waals surface area (Å²) in [5, 5.41) is 1.19. The van der Waals surface area contributed by atoms with Crippen LogP contribution in [0, 0.1) is 0 Å². The minimum Gasteiger partial charge on any atom is -0.355 e. The normalized spacial score (nSPS) is 19.8. The molecule has 6 heteroatoms. The van der Waals surface area contributed by atoms with Crippen LogP contribution in [0.3, 0.4) is 0 Å². The second-order valence-electron chi connectivity index (χ2n) is 8.60. The molecule has 5 aromatic rings. The van der Waals surface area contributed by atoms with E-state index in [0.29, 0.717) is 12.5 Å². The van der Waals surface area contributed by atoms with E-state index in [1.807, 2.05) is 55.6 Å². The van der Waals surface area contributed by atoms with Gasteiger partial charge in [-0.1, -0.05) is 48.5 Å². The van der Waals surface area contributed by atoms with Gasteiger partial charge in [-0.3, -0.25) is 4.79 Å². The predicted octanol–water partition coefficient (Wildman–Crippen LogP) is 4.33. The van der Waals surface area contributed by atoms with Gasteiger partial charge in [-0.25, -0.2) is 4.98 Å². The SMILES string of the molecule is CN1C(=O)[C@@]2(c3ccccc31)c1[nH]c3ccccc3c1CCN2c1nc2ccccc2[nH]1. The van der Waals surface area contributed by atoms with Crippen molar-refractivity contribution in [1.29, 1.82) is 0 Å². The number of imidazole rings is 1. The lowest BCUT2D eigenvalue weighted by Crippen LogP contribution is -2.57. The molecule has 1 atom stereocenters. The molecule has 1 spiro atoms. The molecule has 0 unspecified atom stereocenters. The smallest absolute Gasteiger partial charge is 0.263 e. The molecule has 0 saturated carbocycles. The number of rotatable bonds is 1. The maximum atomic E-state index is 14.2. The molecule has 2 aliphatic heterocycles. The number of aromatic amines is 2. The lowest BCUT2D eigenvalue weighted by Gasteiger charge is -2.43. The molecule has 7 rings (SSSR count). The van der Waals surface area contributed by atoms with E-state index >= 15 is 0 Å². The first-order valence-corrected chi connectivity index (χ1v) is 10.9. The highest BCUT2D eigenvalue weighted by atomic mass is 16.2. The Balaban J connectivity index is 1.58. The Morgan fingerprint density at radius 3 is 2.53 bits per heavy atom. The molecule has 2 N–H and O–H groups in total. The summed E-state index contributed by atoms with van der Waals surface area (Å²) >= 11 is 0. The Hall–Kier alpha value is -4.06. The number of nitrogens with one attached hydrogen (secondary N) is 2. The number of carbonyl (C=O) groups is 1. The third-order valence-electron chi connectivity index (χ3n) is 7.07. The summed E-state index contributed by atoms with van der Waals surface area (Å²) in [5.41, 5.74) is 6.01. The van der Waals surface area contributed by atoms with Crippen molar-refractivity contribution in [2.45, 2.75) is 12.0 Å². The molecule has 0 aliphatic carbocycles. The van der Waals surface area contributed by atoms with Crippen molar-refractivity contribution in [3.8, 4) is 0 Å². The van der Waals surface area contributed by atoms with Gasteiger partial charge in [0.15, 0.2) is 5.54 Å². The monoisotopic (exact) mass is 419 g/mol. The Morgan fingerprint density at radius 2 is 1.66 bits per heavy atom. The van der Waals surface area contributed by atoms with Gasteiger partial charge in [-0.2, -0.15) is 0 Å². The zero-order chi connectivity index (χ0) is 21.4.